The first-order valence-electron chi connectivity index (χ1n) is 5.40. The van der Waals surface area contributed by atoms with Crippen LogP contribution in [-0.4, -0.2) is 27.5 Å². The number of hydrogen-bond acceptors (Lipinski definition) is 4. The number of nitrogen functional groups attached to an aromatic ring is 1. The van der Waals surface area contributed by atoms with E-state index in [1.807, 2.05) is 6.07 Å². The van der Waals surface area contributed by atoms with E-state index in [1.54, 1.807) is 29.2 Å². The van der Waals surface area contributed by atoms with Gasteiger partial charge in [-0.3, -0.25) is 4.68 Å². The Balaban J connectivity index is 2.05. The van der Waals surface area contributed by atoms with Crippen molar-refractivity contribution >= 4 is 11.7 Å². The van der Waals surface area contributed by atoms with E-state index in [9.17, 15) is 4.79 Å². The van der Waals surface area contributed by atoms with Crippen LogP contribution in [0.1, 0.15) is 10.4 Å². The van der Waals surface area contributed by atoms with Crippen molar-refractivity contribution in [3.05, 3.63) is 42.2 Å². The van der Waals surface area contributed by atoms with Crippen molar-refractivity contribution in [3.63, 3.8) is 0 Å². The largest absolute Gasteiger partial charge is 0.491 e. The van der Waals surface area contributed by atoms with Gasteiger partial charge in [0.2, 0.25) is 0 Å². The number of carboxylic acid groups (broad SMARTS) is 1. The van der Waals surface area contributed by atoms with Gasteiger partial charge in [0.1, 0.15) is 17.9 Å². The van der Waals surface area contributed by atoms with Crippen molar-refractivity contribution in [1.29, 1.82) is 0 Å². The zero-order chi connectivity index (χ0) is 13.0. The fourth-order valence-electron chi connectivity index (χ4n) is 1.58. The van der Waals surface area contributed by atoms with Crippen LogP contribution in [0.25, 0.3) is 0 Å². The van der Waals surface area contributed by atoms with Gasteiger partial charge >= 0.3 is 5.97 Å². The molecule has 0 radical (unpaired) electrons. The van der Waals surface area contributed by atoms with E-state index in [-0.39, 0.29) is 17.0 Å². The summed E-state index contributed by atoms with van der Waals surface area (Å²) in [5.74, 6) is -0.822. The molecule has 6 heteroatoms. The fourth-order valence-corrected chi connectivity index (χ4v) is 1.58. The van der Waals surface area contributed by atoms with Crippen molar-refractivity contribution in [2.24, 2.45) is 0 Å². The highest BCUT2D eigenvalue weighted by Crippen LogP contribution is 2.24. The lowest BCUT2D eigenvalue weighted by Crippen LogP contribution is -2.11. The Morgan fingerprint density at radius 2 is 2.28 bits per heavy atom. The second kappa shape index (κ2) is 5.22. The van der Waals surface area contributed by atoms with Gasteiger partial charge in [0, 0.05) is 18.1 Å². The Kier molecular flexibility index (Phi) is 3.47. The van der Waals surface area contributed by atoms with E-state index in [1.165, 1.54) is 6.07 Å². The van der Waals surface area contributed by atoms with Crippen LogP contribution < -0.4 is 10.5 Å². The molecule has 2 rings (SSSR count). The van der Waals surface area contributed by atoms with Gasteiger partial charge in [0.25, 0.3) is 0 Å². The molecule has 0 saturated heterocycles. The predicted octanol–water partition coefficient (Wildman–Crippen LogP) is 1.24. The summed E-state index contributed by atoms with van der Waals surface area (Å²) >= 11 is 0. The standard InChI is InChI=1S/C12H13N3O3/c13-9-3-1-4-10(11(9)12(16)17)18-8-7-15-6-2-5-14-15/h1-6H,7-8,13H2,(H,16,17). The van der Waals surface area contributed by atoms with Crippen LogP contribution in [0.15, 0.2) is 36.7 Å². The lowest BCUT2D eigenvalue weighted by molar-refractivity contribution is 0.0693. The topological polar surface area (TPSA) is 90.4 Å². The molecule has 18 heavy (non-hydrogen) atoms. The Morgan fingerprint density at radius 1 is 1.44 bits per heavy atom. The average Bonchev–Trinajstić information content (AvgIpc) is 2.81. The van der Waals surface area contributed by atoms with E-state index in [2.05, 4.69) is 5.10 Å². The second-order valence-corrected chi connectivity index (χ2v) is 3.64. The number of carbonyl (C=O) groups is 1. The summed E-state index contributed by atoms with van der Waals surface area (Å²) in [5.41, 5.74) is 5.80. The molecule has 2 aromatic rings. The highest BCUT2D eigenvalue weighted by atomic mass is 16.5. The van der Waals surface area contributed by atoms with Crippen molar-refractivity contribution in [2.75, 3.05) is 12.3 Å². The Hall–Kier alpha value is -2.50. The van der Waals surface area contributed by atoms with E-state index in [4.69, 9.17) is 15.6 Å². The molecule has 1 heterocycles. The molecule has 0 unspecified atom stereocenters. The SMILES string of the molecule is Nc1cccc(OCCn2cccn2)c1C(=O)O. The summed E-state index contributed by atoms with van der Waals surface area (Å²) in [6.07, 6.45) is 3.48. The number of ether oxygens (including phenoxy) is 1. The Morgan fingerprint density at radius 3 is 2.94 bits per heavy atom. The number of benzene rings is 1. The van der Waals surface area contributed by atoms with Gasteiger partial charge in [-0.1, -0.05) is 6.07 Å². The third-order valence-corrected chi connectivity index (χ3v) is 2.41. The molecule has 0 aliphatic heterocycles. The molecule has 0 spiro atoms. The summed E-state index contributed by atoms with van der Waals surface area (Å²) in [5, 5.41) is 13.1. The first-order chi connectivity index (χ1) is 8.68. The molecule has 0 amide bonds. The predicted molar refractivity (Wildman–Crippen MR) is 65.5 cm³/mol. The number of nitrogens with two attached hydrogens (primary N) is 1. The molecule has 6 nitrogen and oxygen atoms in total. The van der Waals surface area contributed by atoms with E-state index >= 15 is 0 Å². The fraction of sp³-hybridized carbons (Fsp3) is 0.167. The van der Waals surface area contributed by atoms with Gasteiger partial charge in [-0.05, 0) is 18.2 Å². The highest BCUT2D eigenvalue weighted by Gasteiger charge is 2.14. The average molecular weight is 247 g/mol. The molecule has 0 saturated carbocycles. The van der Waals surface area contributed by atoms with Crippen LogP contribution in [0.5, 0.6) is 5.75 Å². The van der Waals surface area contributed by atoms with Crippen molar-refractivity contribution < 1.29 is 14.6 Å². The minimum absolute atomic E-state index is 0.00188. The number of carboxylic acids is 1. The molecule has 94 valence electrons. The molecule has 1 aromatic carbocycles. The van der Waals surface area contributed by atoms with E-state index < -0.39 is 5.97 Å². The van der Waals surface area contributed by atoms with Gasteiger partial charge in [0.05, 0.1) is 6.54 Å². The van der Waals surface area contributed by atoms with Crippen LogP contribution >= 0.6 is 0 Å². The van der Waals surface area contributed by atoms with E-state index in [0.717, 1.165) is 0 Å². The van der Waals surface area contributed by atoms with Crippen LogP contribution in [0.2, 0.25) is 0 Å². The molecule has 0 fully saturated rings. The van der Waals surface area contributed by atoms with Crippen molar-refractivity contribution in [1.82, 2.24) is 9.78 Å². The lowest BCUT2D eigenvalue weighted by Gasteiger charge is -2.10. The molecule has 0 aliphatic carbocycles. The summed E-state index contributed by atoms with van der Waals surface area (Å²) in [7, 11) is 0. The number of anilines is 1. The normalized spacial score (nSPS) is 10.2. The van der Waals surface area contributed by atoms with Gasteiger partial charge < -0.3 is 15.6 Å². The summed E-state index contributed by atoms with van der Waals surface area (Å²) < 4.78 is 7.13. The monoisotopic (exact) mass is 247 g/mol. The van der Waals surface area contributed by atoms with Gasteiger partial charge in [-0.2, -0.15) is 5.10 Å². The van der Waals surface area contributed by atoms with Crippen LogP contribution in [-0.2, 0) is 6.54 Å². The van der Waals surface area contributed by atoms with Crippen LogP contribution in [0.3, 0.4) is 0 Å². The zero-order valence-electron chi connectivity index (χ0n) is 9.61. The molecular formula is C12H13N3O3. The molecular weight excluding hydrogens is 234 g/mol. The van der Waals surface area contributed by atoms with Crippen LogP contribution in [0, 0.1) is 0 Å². The Labute approximate surface area is 104 Å². The number of hydrogen-bond donors (Lipinski definition) is 2. The van der Waals surface area contributed by atoms with Crippen molar-refractivity contribution in [3.8, 4) is 5.75 Å². The lowest BCUT2D eigenvalue weighted by atomic mass is 10.1. The zero-order valence-corrected chi connectivity index (χ0v) is 9.61. The minimum Gasteiger partial charge on any atom is -0.491 e. The quantitative estimate of drug-likeness (QED) is 0.776. The summed E-state index contributed by atoms with van der Waals surface area (Å²) in [6, 6.07) is 6.58. The summed E-state index contributed by atoms with van der Waals surface area (Å²) in [6.45, 7) is 0.867. The van der Waals surface area contributed by atoms with Gasteiger partial charge in [-0.25, -0.2) is 4.79 Å². The van der Waals surface area contributed by atoms with Crippen LogP contribution in [0.4, 0.5) is 5.69 Å². The molecule has 3 N–H and O–H groups in total. The maximum atomic E-state index is 11.1. The number of aromatic carboxylic acids is 1. The molecule has 0 aliphatic rings. The first-order valence-corrected chi connectivity index (χ1v) is 5.40. The third-order valence-electron chi connectivity index (χ3n) is 2.41. The first kappa shape index (κ1) is 12.0. The molecule has 1 aromatic heterocycles. The molecule has 0 atom stereocenters. The smallest absolute Gasteiger partial charge is 0.341 e. The van der Waals surface area contributed by atoms with Gasteiger partial charge in [-0.15, -0.1) is 0 Å². The number of aromatic nitrogens is 2. The summed E-state index contributed by atoms with van der Waals surface area (Å²) in [4.78, 5) is 11.1. The Bertz CT molecular complexity index is 538. The maximum absolute atomic E-state index is 11.1. The third kappa shape index (κ3) is 2.60. The van der Waals surface area contributed by atoms with Gasteiger partial charge in [0.15, 0.2) is 0 Å². The maximum Gasteiger partial charge on any atom is 0.341 e. The number of rotatable bonds is 5. The van der Waals surface area contributed by atoms with Crippen molar-refractivity contribution in [2.45, 2.75) is 6.54 Å². The van der Waals surface area contributed by atoms with E-state index in [0.29, 0.717) is 13.2 Å². The molecule has 0 bridgehead atoms. The highest BCUT2D eigenvalue weighted by molar-refractivity contribution is 5.96. The minimum atomic E-state index is -1.10. The number of nitrogens with zero attached hydrogens (tertiary/aromatic N) is 2. The second-order valence-electron chi connectivity index (χ2n) is 3.64.